The topological polar surface area (TPSA) is 113 Å². The van der Waals surface area contributed by atoms with Crippen molar-refractivity contribution in [3.63, 3.8) is 0 Å². The van der Waals surface area contributed by atoms with Gasteiger partial charge in [0.15, 0.2) is 11.6 Å². The van der Waals surface area contributed by atoms with Crippen LogP contribution in [0.1, 0.15) is 18.4 Å². The molecule has 0 spiro atoms. The number of ether oxygens (including phenoxy) is 1. The molecule has 1 aromatic heterocycles. The van der Waals surface area contributed by atoms with Crippen molar-refractivity contribution in [3.05, 3.63) is 78.2 Å². The predicted molar refractivity (Wildman–Crippen MR) is 137 cm³/mol. The summed E-state index contributed by atoms with van der Waals surface area (Å²) in [5.41, 5.74) is 0.914. The predicted octanol–water partition coefficient (Wildman–Crippen LogP) is 4.18. The number of halogens is 1. The van der Waals surface area contributed by atoms with E-state index < -0.39 is 17.8 Å². The molecule has 2 heterocycles. The lowest BCUT2D eigenvalue weighted by Crippen LogP contribution is -2.36. The van der Waals surface area contributed by atoms with Crippen LogP contribution in [0.25, 0.3) is 0 Å². The number of amides is 4. The normalized spacial score (nSPS) is 14.0. The number of nitrogens with one attached hydrogen (secondary N) is 3. The Balaban J connectivity index is 1.31. The first kappa shape index (κ1) is 25.8. The first-order chi connectivity index (χ1) is 17.9. The number of likely N-dealkylation sites (tertiary alicyclic amines) is 1. The minimum Gasteiger partial charge on any atom is -0.454 e. The Morgan fingerprint density at radius 2 is 1.78 bits per heavy atom. The lowest BCUT2D eigenvalue weighted by molar-refractivity contribution is -0.121. The molecule has 0 bridgehead atoms. The van der Waals surface area contributed by atoms with E-state index >= 15 is 0 Å². The largest absolute Gasteiger partial charge is 0.454 e. The van der Waals surface area contributed by atoms with Gasteiger partial charge in [-0.05, 0) is 56.7 Å². The van der Waals surface area contributed by atoms with E-state index in [0.29, 0.717) is 5.82 Å². The summed E-state index contributed by atoms with van der Waals surface area (Å²) in [4.78, 5) is 43.0. The zero-order valence-corrected chi connectivity index (χ0v) is 20.4. The molecule has 0 unspecified atom stereocenters. The van der Waals surface area contributed by atoms with E-state index in [0.717, 1.165) is 37.6 Å². The zero-order valence-electron chi connectivity index (χ0n) is 20.4. The summed E-state index contributed by atoms with van der Waals surface area (Å²) in [6, 6.07) is 15.2. The summed E-state index contributed by atoms with van der Waals surface area (Å²) in [7, 11) is 2.03. The molecule has 1 fully saturated rings. The second-order valence-electron chi connectivity index (χ2n) is 8.86. The third-order valence-electron chi connectivity index (χ3n) is 5.95. The number of urea groups is 1. The molecular weight excluding hydrogens is 477 g/mol. The van der Waals surface area contributed by atoms with Crippen LogP contribution in [-0.4, -0.2) is 47.9 Å². The van der Waals surface area contributed by atoms with E-state index in [2.05, 4.69) is 25.8 Å². The Bertz CT molecular complexity index is 1260. The number of imide groups is 1. The standard InChI is InChI=1S/C27H28FN5O4/c1-33-13-10-19(11-14-33)26(35)31-24-17-21(9-12-29-24)37-23-8-7-20(16-22(23)28)30-27(36)32-25(34)15-18-5-3-2-4-6-18/h2-9,12,16-17,19H,10-11,13-15H2,1H3,(H,29,31,35)(H2,30,32,34,36). The van der Waals surface area contributed by atoms with Gasteiger partial charge in [0.05, 0.1) is 6.42 Å². The van der Waals surface area contributed by atoms with Crippen molar-refractivity contribution in [1.82, 2.24) is 15.2 Å². The Morgan fingerprint density at radius 1 is 1.03 bits per heavy atom. The van der Waals surface area contributed by atoms with Crippen LogP contribution in [-0.2, 0) is 16.0 Å². The summed E-state index contributed by atoms with van der Waals surface area (Å²) in [6.07, 6.45) is 3.07. The number of pyridine rings is 1. The summed E-state index contributed by atoms with van der Waals surface area (Å²) in [5, 5.41) is 7.44. The molecule has 3 aromatic rings. The van der Waals surface area contributed by atoms with Crippen molar-refractivity contribution in [2.45, 2.75) is 19.3 Å². The van der Waals surface area contributed by atoms with E-state index in [1.165, 1.54) is 24.4 Å². The number of benzene rings is 2. The second kappa shape index (κ2) is 12.1. The van der Waals surface area contributed by atoms with E-state index in [1.54, 1.807) is 30.3 Å². The smallest absolute Gasteiger partial charge is 0.325 e. The number of aromatic nitrogens is 1. The van der Waals surface area contributed by atoms with Crippen LogP contribution in [0.15, 0.2) is 66.9 Å². The van der Waals surface area contributed by atoms with Crippen molar-refractivity contribution in [1.29, 1.82) is 0 Å². The Kier molecular flexibility index (Phi) is 8.42. The minimum atomic E-state index is -0.770. The van der Waals surface area contributed by atoms with E-state index in [4.69, 9.17) is 4.74 Å². The van der Waals surface area contributed by atoms with Crippen molar-refractivity contribution < 1.29 is 23.5 Å². The number of piperidine rings is 1. The summed E-state index contributed by atoms with van der Waals surface area (Å²) >= 11 is 0. The highest BCUT2D eigenvalue weighted by Crippen LogP contribution is 2.28. The van der Waals surface area contributed by atoms with E-state index in [9.17, 15) is 18.8 Å². The highest BCUT2D eigenvalue weighted by atomic mass is 19.1. The fourth-order valence-electron chi connectivity index (χ4n) is 3.94. The van der Waals surface area contributed by atoms with Crippen LogP contribution in [0.3, 0.4) is 0 Å². The fraction of sp³-hybridized carbons (Fsp3) is 0.259. The Labute approximate surface area is 214 Å². The maximum Gasteiger partial charge on any atom is 0.325 e. The van der Waals surface area contributed by atoms with Crippen LogP contribution in [0.4, 0.5) is 20.7 Å². The maximum absolute atomic E-state index is 14.7. The molecule has 9 nitrogen and oxygen atoms in total. The van der Waals surface area contributed by atoms with Gasteiger partial charge in [-0.25, -0.2) is 14.2 Å². The maximum atomic E-state index is 14.7. The number of hydrogen-bond donors (Lipinski definition) is 3. The Morgan fingerprint density at radius 3 is 2.51 bits per heavy atom. The van der Waals surface area contributed by atoms with Gasteiger partial charge in [-0.15, -0.1) is 0 Å². The summed E-state index contributed by atoms with van der Waals surface area (Å²) in [6.45, 7) is 1.73. The van der Waals surface area contributed by atoms with Gasteiger partial charge in [0.2, 0.25) is 11.8 Å². The van der Waals surface area contributed by atoms with Gasteiger partial charge in [-0.3, -0.25) is 14.9 Å². The zero-order chi connectivity index (χ0) is 26.2. The quantitative estimate of drug-likeness (QED) is 0.444. The molecule has 1 aliphatic rings. The summed E-state index contributed by atoms with van der Waals surface area (Å²) < 4.78 is 20.3. The third-order valence-corrected chi connectivity index (χ3v) is 5.95. The third kappa shape index (κ3) is 7.58. The van der Waals surface area contributed by atoms with Gasteiger partial charge in [0.1, 0.15) is 11.6 Å². The lowest BCUT2D eigenvalue weighted by atomic mass is 9.96. The fourth-order valence-corrected chi connectivity index (χ4v) is 3.94. The molecule has 2 aromatic carbocycles. The highest BCUT2D eigenvalue weighted by molar-refractivity contribution is 6.01. The Hall–Kier alpha value is -4.31. The van der Waals surface area contributed by atoms with Gasteiger partial charge in [0, 0.05) is 29.9 Å². The molecule has 4 rings (SSSR count). The SMILES string of the molecule is CN1CCC(C(=O)Nc2cc(Oc3ccc(NC(=O)NC(=O)Cc4ccccc4)cc3F)ccn2)CC1. The van der Waals surface area contributed by atoms with E-state index in [1.807, 2.05) is 13.1 Å². The van der Waals surface area contributed by atoms with Crippen molar-refractivity contribution in [2.75, 3.05) is 30.8 Å². The minimum absolute atomic E-state index is 0.0434. The number of carbonyl (C=O) groups excluding carboxylic acids is 3. The number of anilines is 2. The van der Waals surface area contributed by atoms with E-state index in [-0.39, 0.29) is 35.4 Å². The van der Waals surface area contributed by atoms with Gasteiger partial charge in [-0.2, -0.15) is 0 Å². The lowest BCUT2D eigenvalue weighted by Gasteiger charge is -2.27. The van der Waals surface area contributed by atoms with Gasteiger partial charge in [0.25, 0.3) is 0 Å². The number of rotatable bonds is 7. The van der Waals surface area contributed by atoms with Crippen molar-refractivity contribution in [3.8, 4) is 11.5 Å². The van der Waals surface area contributed by atoms with Crippen molar-refractivity contribution in [2.24, 2.45) is 5.92 Å². The average molecular weight is 506 g/mol. The van der Waals surface area contributed by atoms with Crippen LogP contribution in [0, 0.1) is 11.7 Å². The molecule has 4 amide bonds. The average Bonchev–Trinajstić information content (AvgIpc) is 2.87. The first-order valence-corrected chi connectivity index (χ1v) is 11.9. The number of nitrogens with zero attached hydrogens (tertiary/aromatic N) is 2. The molecule has 0 atom stereocenters. The van der Waals surface area contributed by atoms with Gasteiger partial charge in [-0.1, -0.05) is 30.3 Å². The molecule has 0 aliphatic carbocycles. The van der Waals surface area contributed by atoms with Crippen LogP contribution in [0.2, 0.25) is 0 Å². The number of hydrogen-bond acceptors (Lipinski definition) is 6. The van der Waals surface area contributed by atoms with Gasteiger partial charge >= 0.3 is 6.03 Å². The molecule has 3 N–H and O–H groups in total. The molecule has 37 heavy (non-hydrogen) atoms. The van der Waals surface area contributed by atoms with Gasteiger partial charge < -0.3 is 20.3 Å². The molecule has 10 heteroatoms. The monoisotopic (exact) mass is 505 g/mol. The van der Waals surface area contributed by atoms with Crippen LogP contribution < -0.4 is 20.7 Å². The second-order valence-corrected chi connectivity index (χ2v) is 8.86. The molecule has 1 saturated heterocycles. The molecular formula is C27H28FN5O4. The van der Waals surface area contributed by atoms with Crippen LogP contribution >= 0.6 is 0 Å². The number of carbonyl (C=O) groups is 3. The molecule has 0 saturated carbocycles. The molecule has 0 radical (unpaired) electrons. The first-order valence-electron chi connectivity index (χ1n) is 11.9. The van der Waals surface area contributed by atoms with Crippen molar-refractivity contribution >= 4 is 29.4 Å². The van der Waals surface area contributed by atoms with Crippen LogP contribution in [0.5, 0.6) is 11.5 Å². The molecule has 192 valence electrons. The highest BCUT2D eigenvalue weighted by Gasteiger charge is 2.23. The summed E-state index contributed by atoms with van der Waals surface area (Å²) in [5.74, 6) is -0.854. The molecule has 1 aliphatic heterocycles.